The number of nitrogens with zero attached hydrogens (tertiary/aromatic N) is 2. The Morgan fingerprint density at radius 3 is 2.50 bits per heavy atom. The van der Waals surface area contributed by atoms with Gasteiger partial charge in [0, 0.05) is 23.8 Å². The summed E-state index contributed by atoms with van der Waals surface area (Å²) in [7, 11) is 1.58. The number of aryl methyl sites for hydroxylation is 1. The average molecular weight is 291 g/mol. The van der Waals surface area contributed by atoms with Crippen molar-refractivity contribution in [3.05, 3.63) is 60.2 Å². The van der Waals surface area contributed by atoms with Crippen LogP contribution in [0.1, 0.15) is 5.56 Å². The molecule has 4 heteroatoms. The van der Waals surface area contributed by atoms with Gasteiger partial charge in [-0.05, 0) is 48.2 Å². The molecule has 0 aliphatic heterocycles. The first-order valence-electron chi connectivity index (χ1n) is 7.06. The lowest BCUT2D eigenvalue weighted by Crippen LogP contribution is -1.90. The van der Waals surface area contributed by atoms with Crippen LogP contribution in [0.2, 0.25) is 0 Å². The van der Waals surface area contributed by atoms with E-state index >= 15 is 0 Å². The highest BCUT2D eigenvalue weighted by Crippen LogP contribution is 2.36. The number of hydrogen-bond acceptors (Lipinski definition) is 4. The molecule has 3 rings (SSSR count). The molecule has 22 heavy (non-hydrogen) atoms. The lowest BCUT2D eigenvalue weighted by molar-refractivity contribution is 0.482. The second-order valence-corrected chi connectivity index (χ2v) is 5.16. The molecule has 0 aromatic heterocycles. The van der Waals surface area contributed by atoms with Crippen molar-refractivity contribution in [2.24, 2.45) is 10.2 Å². The van der Waals surface area contributed by atoms with Gasteiger partial charge in [-0.25, -0.2) is 0 Å². The molecule has 0 aliphatic rings. The highest BCUT2D eigenvalue weighted by molar-refractivity contribution is 5.94. The van der Waals surface area contributed by atoms with Gasteiger partial charge in [-0.1, -0.05) is 24.3 Å². The smallest absolute Gasteiger partial charge is 0.150 e. The fourth-order valence-electron chi connectivity index (χ4n) is 2.45. The summed E-state index contributed by atoms with van der Waals surface area (Å²) in [6, 6.07) is 17.7. The van der Waals surface area contributed by atoms with Crippen molar-refractivity contribution in [2.45, 2.75) is 6.92 Å². The summed E-state index contributed by atoms with van der Waals surface area (Å²) in [5, 5.41) is 23.1. The molecule has 110 valence electrons. The first kappa shape index (κ1) is 14.1. The fourth-order valence-corrected chi connectivity index (χ4v) is 2.45. The molecule has 3 aromatic carbocycles. The summed E-state index contributed by atoms with van der Waals surface area (Å²) >= 11 is 0. The van der Waals surface area contributed by atoms with Gasteiger partial charge in [0.25, 0.3) is 0 Å². The van der Waals surface area contributed by atoms with E-state index in [1.807, 2.05) is 36.4 Å². The molecule has 0 atom stereocenters. The number of benzene rings is 3. The normalized spacial score (nSPS) is 11.2. The highest BCUT2D eigenvalue weighted by Gasteiger charge is 2.07. The van der Waals surface area contributed by atoms with Gasteiger partial charge in [-0.3, -0.25) is 0 Å². The van der Waals surface area contributed by atoms with Crippen molar-refractivity contribution in [2.75, 3.05) is 12.4 Å². The van der Waals surface area contributed by atoms with Crippen LogP contribution >= 0.6 is 0 Å². The van der Waals surface area contributed by atoms with Gasteiger partial charge >= 0.3 is 0 Å². The zero-order valence-corrected chi connectivity index (χ0v) is 12.5. The van der Waals surface area contributed by atoms with Crippen molar-refractivity contribution >= 4 is 27.8 Å². The minimum Gasteiger partial charge on any atom is -0.505 e. The zero-order chi connectivity index (χ0) is 15.5. The highest BCUT2D eigenvalue weighted by atomic mass is 16.3. The number of anilines is 2. The Labute approximate surface area is 129 Å². The van der Waals surface area contributed by atoms with Gasteiger partial charge in [-0.2, -0.15) is 10.2 Å². The van der Waals surface area contributed by atoms with E-state index in [0.29, 0.717) is 5.69 Å². The number of azo groups is 1. The number of phenolic OH excluding ortho intramolecular Hbond substituents is 1. The SMILES string of the molecule is CN=Nc1ccc2ccc(Nc3cccc(C)c3)cc2c1O. The Hall–Kier alpha value is -2.88. The van der Waals surface area contributed by atoms with E-state index < -0.39 is 0 Å². The summed E-state index contributed by atoms with van der Waals surface area (Å²) in [5.74, 6) is 0.149. The summed E-state index contributed by atoms with van der Waals surface area (Å²) in [5.41, 5.74) is 3.60. The Morgan fingerprint density at radius 2 is 1.73 bits per heavy atom. The monoisotopic (exact) mass is 291 g/mol. The van der Waals surface area contributed by atoms with Crippen molar-refractivity contribution in [1.29, 1.82) is 0 Å². The van der Waals surface area contributed by atoms with Crippen LogP contribution in [0.4, 0.5) is 17.1 Å². The fraction of sp³-hybridized carbons (Fsp3) is 0.111. The van der Waals surface area contributed by atoms with E-state index in [9.17, 15) is 5.11 Å². The summed E-state index contributed by atoms with van der Waals surface area (Å²) in [6.07, 6.45) is 0. The second kappa shape index (κ2) is 5.85. The molecule has 0 amide bonds. The molecule has 0 spiro atoms. The Balaban J connectivity index is 2.03. The molecule has 0 bridgehead atoms. The third kappa shape index (κ3) is 2.76. The third-order valence-corrected chi connectivity index (χ3v) is 3.49. The van der Waals surface area contributed by atoms with E-state index in [1.165, 1.54) is 5.56 Å². The van der Waals surface area contributed by atoms with Gasteiger partial charge in [0.05, 0.1) is 0 Å². The minimum atomic E-state index is 0.149. The number of rotatable bonds is 3. The predicted octanol–water partition coefficient (Wildman–Crippen LogP) is 5.31. The molecule has 0 unspecified atom stereocenters. The number of phenols is 1. The molecule has 0 aliphatic carbocycles. The Morgan fingerprint density at radius 1 is 0.955 bits per heavy atom. The lowest BCUT2D eigenvalue weighted by Gasteiger charge is -2.10. The maximum Gasteiger partial charge on any atom is 0.150 e. The summed E-state index contributed by atoms with van der Waals surface area (Å²) in [4.78, 5) is 0. The Bertz CT molecular complexity index is 856. The second-order valence-electron chi connectivity index (χ2n) is 5.16. The maximum atomic E-state index is 10.3. The molecule has 0 fully saturated rings. The zero-order valence-electron chi connectivity index (χ0n) is 12.5. The molecule has 3 aromatic rings. The largest absolute Gasteiger partial charge is 0.505 e. The molecule has 0 radical (unpaired) electrons. The molecular formula is C18H17N3O. The number of hydrogen-bond donors (Lipinski definition) is 2. The standard InChI is InChI=1S/C18H17N3O/c1-12-4-3-5-14(10-12)20-15-8-6-13-7-9-17(21-19-2)18(22)16(13)11-15/h3-11,20,22H,1-2H3. The van der Waals surface area contributed by atoms with Gasteiger partial charge < -0.3 is 10.4 Å². The van der Waals surface area contributed by atoms with E-state index in [1.54, 1.807) is 13.1 Å². The Kier molecular flexibility index (Phi) is 3.74. The number of fused-ring (bicyclic) bond motifs is 1. The van der Waals surface area contributed by atoms with Crippen LogP contribution in [-0.4, -0.2) is 12.2 Å². The van der Waals surface area contributed by atoms with Crippen LogP contribution < -0.4 is 5.32 Å². The van der Waals surface area contributed by atoms with Crippen LogP contribution in [0.3, 0.4) is 0 Å². The molecule has 2 N–H and O–H groups in total. The van der Waals surface area contributed by atoms with Gasteiger partial charge in [0.1, 0.15) is 5.69 Å². The van der Waals surface area contributed by atoms with Crippen LogP contribution in [0.15, 0.2) is 64.8 Å². The molecule has 0 heterocycles. The lowest BCUT2D eigenvalue weighted by atomic mass is 10.1. The average Bonchev–Trinajstić information content (AvgIpc) is 2.51. The van der Waals surface area contributed by atoms with Crippen molar-refractivity contribution in [1.82, 2.24) is 0 Å². The summed E-state index contributed by atoms with van der Waals surface area (Å²) < 4.78 is 0. The molecule has 4 nitrogen and oxygen atoms in total. The van der Waals surface area contributed by atoms with Crippen LogP contribution in [0.5, 0.6) is 5.75 Å². The molecule has 0 saturated heterocycles. The van der Waals surface area contributed by atoms with Crippen molar-refractivity contribution in [3.63, 3.8) is 0 Å². The first-order chi connectivity index (χ1) is 10.7. The molecule has 0 saturated carbocycles. The summed E-state index contributed by atoms with van der Waals surface area (Å²) in [6.45, 7) is 2.05. The quantitative estimate of drug-likeness (QED) is 0.642. The van der Waals surface area contributed by atoms with E-state index in [-0.39, 0.29) is 5.75 Å². The first-order valence-corrected chi connectivity index (χ1v) is 7.06. The number of aromatic hydroxyl groups is 1. The topological polar surface area (TPSA) is 57.0 Å². The van der Waals surface area contributed by atoms with Gasteiger partial charge in [-0.15, -0.1) is 0 Å². The van der Waals surface area contributed by atoms with Crippen LogP contribution in [-0.2, 0) is 0 Å². The van der Waals surface area contributed by atoms with Crippen molar-refractivity contribution < 1.29 is 5.11 Å². The van der Waals surface area contributed by atoms with Crippen LogP contribution in [0.25, 0.3) is 10.8 Å². The van der Waals surface area contributed by atoms with Gasteiger partial charge in [0.15, 0.2) is 5.75 Å². The number of nitrogens with one attached hydrogen (secondary N) is 1. The van der Waals surface area contributed by atoms with E-state index in [2.05, 4.69) is 34.6 Å². The predicted molar refractivity (Wildman–Crippen MR) is 90.5 cm³/mol. The van der Waals surface area contributed by atoms with Gasteiger partial charge in [0.2, 0.25) is 0 Å². The molecular weight excluding hydrogens is 274 g/mol. The van der Waals surface area contributed by atoms with E-state index in [0.717, 1.165) is 22.1 Å². The maximum absolute atomic E-state index is 10.3. The van der Waals surface area contributed by atoms with E-state index in [4.69, 9.17) is 0 Å². The minimum absolute atomic E-state index is 0.149. The van der Waals surface area contributed by atoms with Crippen molar-refractivity contribution in [3.8, 4) is 5.75 Å². The van der Waals surface area contributed by atoms with Crippen LogP contribution in [0, 0.1) is 6.92 Å². The third-order valence-electron chi connectivity index (χ3n) is 3.49.